The molecule has 0 radical (unpaired) electrons. The first-order chi connectivity index (χ1) is 10.8. The van der Waals surface area contributed by atoms with Crippen molar-refractivity contribution >= 4 is 16.9 Å². The summed E-state index contributed by atoms with van der Waals surface area (Å²) in [6.07, 6.45) is 3.83. The van der Waals surface area contributed by atoms with Crippen molar-refractivity contribution in [2.45, 2.75) is 13.5 Å². The number of ether oxygens (including phenoxy) is 1. The molecule has 3 rings (SSSR count). The van der Waals surface area contributed by atoms with Crippen molar-refractivity contribution in [1.82, 2.24) is 19.5 Å². The lowest BCUT2D eigenvalue weighted by Crippen LogP contribution is -2.12. The van der Waals surface area contributed by atoms with Gasteiger partial charge in [0.1, 0.15) is 11.3 Å². The third kappa shape index (κ3) is 3.07. The maximum Gasteiger partial charge on any atom is 0.154 e. The second kappa shape index (κ2) is 6.53. The van der Waals surface area contributed by atoms with E-state index in [-0.39, 0.29) is 0 Å². The molecule has 0 aromatic carbocycles. The first kappa shape index (κ1) is 14.5. The van der Waals surface area contributed by atoms with Gasteiger partial charge in [0.2, 0.25) is 0 Å². The largest absolute Gasteiger partial charge is 0.383 e. The summed E-state index contributed by atoms with van der Waals surface area (Å²) in [6, 6.07) is 7.93. The lowest BCUT2D eigenvalue weighted by Gasteiger charge is -2.11. The lowest BCUT2D eigenvalue weighted by atomic mass is 10.3. The Balaban J connectivity index is 1.96. The van der Waals surface area contributed by atoms with Crippen LogP contribution in [0, 0.1) is 6.92 Å². The van der Waals surface area contributed by atoms with Gasteiger partial charge in [-0.2, -0.15) is 0 Å². The number of aromatic nitrogens is 4. The molecule has 0 aliphatic rings. The highest BCUT2D eigenvalue weighted by atomic mass is 16.5. The second-order valence-corrected chi connectivity index (χ2v) is 5.04. The average molecular weight is 297 g/mol. The molecule has 0 amide bonds. The Morgan fingerprint density at radius 3 is 2.91 bits per heavy atom. The van der Waals surface area contributed by atoms with Gasteiger partial charge in [0.05, 0.1) is 24.4 Å². The summed E-state index contributed by atoms with van der Waals surface area (Å²) in [5.41, 5.74) is 2.93. The quantitative estimate of drug-likeness (QED) is 0.707. The van der Waals surface area contributed by atoms with E-state index in [0.717, 1.165) is 28.4 Å². The highest BCUT2D eigenvalue weighted by Crippen LogP contribution is 2.22. The number of hydrogen-bond acceptors (Lipinski definition) is 5. The van der Waals surface area contributed by atoms with E-state index >= 15 is 0 Å². The fourth-order valence-electron chi connectivity index (χ4n) is 2.42. The lowest BCUT2D eigenvalue weighted by molar-refractivity contribution is 0.210. The van der Waals surface area contributed by atoms with Crippen LogP contribution in [-0.4, -0.2) is 39.8 Å². The fourth-order valence-corrected chi connectivity index (χ4v) is 2.42. The molecule has 0 aliphatic carbocycles. The van der Waals surface area contributed by atoms with Gasteiger partial charge in [0.15, 0.2) is 5.82 Å². The summed E-state index contributed by atoms with van der Waals surface area (Å²) >= 11 is 0. The van der Waals surface area contributed by atoms with E-state index in [4.69, 9.17) is 4.74 Å². The Bertz CT molecular complexity index is 754. The van der Waals surface area contributed by atoms with Crippen molar-refractivity contribution in [2.24, 2.45) is 0 Å². The predicted octanol–water partition coefficient (Wildman–Crippen LogP) is 2.24. The van der Waals surface area contributed by atoms with Gasteiger partial charge in [-0.05, 0) is 25.1 Å². The van der Waals surface area contributed by atoms with E-state index in [9.17, 15) is 0 Å². The zero-order valence-corrected chi connectivity index (χ0v) is 12.8. The van der Waals surface area contributed by atoms with Crippen LogP contribution in [0.3, 0.4) is 0 Å². The minimum atomic E-state index is 0.630. The monoisotopic (exact) mass is 297 g/mol. The molecular formula is C16H19N5O. The fraction of sp³-hybridized carbons (Fsp3) is 0.312. The van der Waals surface area contributed by atoms with Crippen molar-refractivity contribution in [3.05, 3.63) is 48.2 Å². The molecule has 6 heteroatoms. The summed E-state index contributed by atoms with van der Waals surface area (Å²) in [6.45, 7) is 3.93. The molecule has 22 heavy (non-hydrogen) atoms. The van der Waals surface area contributed by atoms with Crippen LogP contribution in [0.1, 0.15) is 11.5 Å². The SMILES string of the molecule is COCCNc1nc(C)nc2ccn(Cc3ccccn3)c12. The molecule has 0 bridgehead atoms. The normalized spacial score (nSPS) is 11.0. The Labute approximate surface area is 129 Å². The molecule has 0 unspecified atom stereocenters. The minimum Gasteiger partial charge on any atom is -0.383 e. The van der Waals surface area contributed by atoms with E-state index in [1.807, 2.05) is 37.4 Å². The van der Waals surface area contributed by atoms with Gasteiger partial charge in [-0.15, -0.1) is 0 Å². The van der Waals surface area contributed by atoms with Crippen LogP contribution < -0.4 is 5.32 Å². The van der Waals surface area contributed by atoms with Gasteiger partial charge < -0.3 is 14.6 Å². The number of rotatable bonds is 6. The topological polar surface area (TPSA) is 64.9 Å². The number of hydrogen-bond donors (Lipinski definition) is 1. The van der Waals surface area contributed by atoms with Gasteiger partial charge in [0.25, 0.3) is 0 Å². The third-order valence-electron chi connectivity index (χ3n) is 3.38. The van der Waals surface area contributed by atoms with Gasteiger partial charge in [-0.1, -0.05) is 6.07 Å². The van der Waals surface area contributed by atoms with Crippen molar-refractivity contribution in [1.29, 1.82) is 0 Å². The van der Waals surface area contributed by atoms with Crippen LogP contribution >= 0.6 is 0 Å². The number of methoxy groups -OCH3 is 1. The summed E-state index contributed by atoms with van der Waals surface area (Å²) in [5, 5.41) is 3.32. The second-order valence-electron chi connectivity index (χ2n) is 5.04. The molecule has 0 aliphatic heterocycles. The third-order valence-corrected chi connectivity index (χ3v) is 3.38. The van der Waals surface area contributed by atoms with Crippen LogP contribution in [0.5, 0.6) is 0 Å². The molecule has 0 saturated carbocycles. The standard InChI is InChI=1S/C16H19N5O/c1-12-19-14-6-9-21(11-13-5-3-4-7-17-13)15(14)16(20-12)18-8-10-22-2/h3-7,9H,8,10-11H2,1-2H3,(H,18,19,20). The molecule has 3 heterocycles. The number of nitrogens with zero attached hydrogens (tertiary/aromatic N) is 4. The van der Waals surface area contributed by atoms with Crippen molar-refractivity contribution in [3.63, 3.8) is 0 Å². The van der Waals surface area contributed by atoms with Gasteiger partial charge >= 0.3 is 0 Å². The van der Waals surface area contributed by atoms with Crippen molar-refractivity contribution in [3.8, 4) is 0 Å². The molecule has 6 nitrogen and oxygen atoms in total. The van der Waals surface area contributed by atoms with Crippen LogP contribution in [-0.2, 0) is 11.3 Å². The number of aryl methyl sites for hydroxylation is 1. The Kier molecular flexibility index (Phi) is 4.29. The molecule has 3 aromatic heterocycles. The number of nitrogens with one attached hydrogen (secondary N) is 1. The van der Waals surface area contributed by atoms with E-state index in [1.54, 1.807) is 13.3 Å². The van der Waals surface area contributed by atoms with Crippen LogP contribution in [0.15, 0.2) is 36.7 Å². The number of fused-ring (bicyclic) bond motifs is 1. The van der Waals surface area contributed by atoms with Gasteiger partial charge in [-0.25, -0.2) is 9.97 Å². The van der Waals surface area contributed by atoms with Crippen molar-refractivity contribution < 1.29 is 4.74 Å². The highest BCUT2D eigenvalue weighted by Gasteiger charge is 2.11. The predicted molar refractivity (Wildman–Crippen MR) is 86.0 cm³/mol. The van der Waals surface area contributed by atoms with Crippen molar-refractivity contribution in [2.75, 3.05) is 25.6 Å². The Morgan fingerprint density at radius 1 is 1.23 bits per heavy atom. The summed E-state index contributed by atoms with van der Waals surface area (Å²) < 4.78 is 7.21. The zero-order valence-electron chi connectivity index (χ0n) is 12.8. The van der Waals surface area contributed by atoms with Crippen LogP contribution in [0.25, 0.3) is 11.0 Å². The number of anilines is 1. The van der Waals surface area contributed by atoms with Gasteiger partial charge in [-0.3, -0.25) is 4.98 Å². The molecule has 0 fully saturated rings. The summed E-state index contributed by atoms with van der Waals surface area (Å²) in [5.74, 6) is 1.59. The van der Waals surface area contributed by atoms with E-state index in [2.05, 4.69) is 24.8 Å². The number of pyridine rings is 1. The van der Waals surface area contributed by atoms with Crippen LogP contribution in [0.4, 0.5) is 5.82 Å². The molecular weight excluding hydrogens is 278 g/mol. The maximum atomic E-state index is 5.09. The zero-order chi connectivity index (χ0) is 15.4. The molecule has 114 valence electrons. The van der Waals surface area contributed by atoms with Crippen LogP contribution in [0.2, 0.25) is 0 Å². The minimum absolute atomic E-state index is 0.630. The van der Waals surface area contributed by atoms with E-state index < -0.39 is 0 Å². The highest BCUT2D eigenvalue weighted by molar-refractivity contribution is 5.86. The first-order valence-electron chi connectivity index (χ1n) is 7.24. The molecule has 0 spiro atoms. The Morgan fingerprint density at radius 2 is 2.14 bits per heavy atom. The summed E-state index contributed by atoms with van der Waals surface area (Å²) in [4.78, 5) is 13.4. The molecule has 0 atom stereocenters. The molecule has 3 aromatic rings. The van der Waals surface area contributed by atoms with E-state index in [0.29, 0.717) is 19.7 Å². The Hall–Kier alpha value is -2.47. The average Bonchev–Trinajstić information content (AvgIpc) is 2.91. The van der Waals surface area contributed by atoms with Gasteiger partial charge in [0, 0.05) is 26.0 Å². The molecule has 1 N–H and O–H groups in total. The maximum absolute atomic E-state index is 5.09. The summed E-state index contributed by atoms with van der Waals surface area (Å²) in [7, 11) is 1.69. The first-order valence-corrected chi connectivity index (χ1v) is 7.24. The van der Waals surface area contributed by atoms with E-state index in [1.165, 1.54) is 0 Å². The molecule has 0 saturated heterocycles. The smallest absolute Gasteiger partial charge is 0.154 e.